The van der Waals surface area contributed by atoms with Crippen LogP contribution in [0.4, 0.5) is 0 Å². The van der Waals surface area contributed by atoms with E-state index in [-0.39, 0.29) is 11.7 Å². The molecule has 5 nitrogen and oxygen atoms in total. The Hall–Kier alpha value is -2.66. The van der Waals surface area contributed by atoms with Gasteiger partial charge in [0.05, 0.1) is 0 Å². The number of hydrogen-bond acceptors (Lipinski definition) is 3. The molecule has 1 amide bonds. The van der Waals surface area contributed by atoms with Crippen molar-refractivity contribution >= 4 is 17.8 Å². The molecule has 0 radical (unpaired) electrons. The Morgan fingerprint density at radius 3 is 2.41 bits per heavy atom. The number of rotatable bonds is 7. The molecule has 0 unspecified atom stereocenters. The van der Waals surface area contributed by atoms with Crippen LogP contribution < -0.4 is 0 Å². The third-order valence-corrected chi connectivity index (χ3v) is 5.49. The molecule has 1 fully saturated rings. The van der Waals surface area contributed by atoms with Crippen LogP contribution in [0.3, 0.4) is 0 Å². The minimum absolute atomic E-state index is 0.0172. The molecule has 0 bridgehead atoms. The van der Waals surface area contributed by atoms with Gasteiger partial charge in [0.1, 0.15) is 5.69 Å². The predicted molar refractivity (Wildman–Crippen MR) is 117 cm³/mol. The van der Waals surface area contributed by atoms with Crippen LogP contribution in [-0.2, 0) is 6.42 Å². The Bertz CT molecular complexity index is 875. The number of nitrogens with one attached hydrogen (secondary N) is 1. The highest BCUT2D eigenvalue weighted by Gasteiger charge is 2.27. The third kappa shape index (κ3) is 5.04. The molecule has 1 aromatic heterocycles. The number of Topliss-reactive ketones (excluding diaryl/α,β-unsaturated/α-hetero) is 1. The zero-order valence-electron chi connectivity index (χ0n) is 17.7. The normalized spacial score (nSPS) is 15.2. The van der Waals surface area contributed by atoms with Crippen molar-refractivity contribution in [1.82, 2.24) is 14.8 Å². The topological polar surface area (TPSA) is 56.4 Å². The maximum absolute atomic E-state index is 13.1. The summed E-state index contributed by atoms with van der Waals surface area (Å²) >= 11 is 0. The number of hydrogen-bond donors (Lipinski definition) is 1. The monoisotopic (exact) mass is 393 g/mol. The van der Waals surface area contributed by atoms with Crippen LogP contribution >= 0.6 is 0 Å². The van der Waals surface area contributed by atoms with Crippen LogP contribution in [0.2, 0.25) is 0 Å². The minimum atomic E-state index is 0.0172. The van der Waals surface area contributed by atoms with Crippen LogP contribution in [0.15, 0.2) is 36.4 Å². The zero-order chi connectivity index (χ0) is 20.8. The maximum Gasteiger partial charge on any atom is 0.270 e. The first-order chi connectivity index (χ1) is 14.0. The fourth-order valence-electron chi connectivity index (χ4n) is 4.03. The molecular formula is C24H31N3O2. The maximum atomic E-state index is 13.1. The Kier molecular flexibility index (Phi) is 7.04. The molecule has 1 aliphatic rings. The summed E-state index contributed by atoms with van der Waals surface area (Å²) in [6, 6.07) is 10.3. The molecule has 1 aliphatic heterocycles. The SMILES string of the molecule is CCCc1c(C(=O)N2CCN(C/C=C/c3ccccc3)CC2)[nH]c(C)c1C(C)=O. The lowest BCUT2D eigenvalue weighted by molar-refractivity contribution is 0.0644. The van der Waals surface area contributed by atoms with E-state index in [1.807, 2.05) is 30.0 Å². The van der Waals surface area contributed by atoms with Crippen LogP contribution in [0.1, 0.15) is 57.9 Å². The standard InChI is InChI=1S/C24H31N3O2/c1-4-9-21-22(19(3)28)18(2)25-23(21)24(29)27-16-14-26(15-17-27)13-8-12-20-10-6-5-7-11-20/h5-8,10-12,25H,4,9,13-17H2,1-3H3/b12-8+. The van der Waals surface area contributed by atoms with Crippen molar-refractivity contribution < 1.29 is 9.59 Å². The summed E-state index contributed by atoms with van der Waals surface area (Å²) in [5.74, 6) is 0.0415. The Labute approximate surface area is 173 Å². The van der Waals surface area contributed by atoms with Gasteiger partial charge in [-0.2, -0.15) is 0 Å². The van der Waals surface area contributed by atoms with Gasteiger partial charge in [0.2, 0.25) is 0 Å². The number of nitrogens with zero attached hydrogens (tertiary/aromatic N) is 2. The molecule has 0 atom stereocenters. The van der Waals surface area contributed by atoms with Crippen molar-refractivity contribution in [3.05, 3.63) is 64.5 Å². The molecule has 2 heterocycles. The van der Waals surface area contributed by atoms with Gasteiger partial charge in [-0.1, -0.05) is 55.8 Å². The van der Waals surface area contributed by atoms with Crippen LogP contribution in [-0.4, -0.2) is 59.2 Å². The van der Waals surface area contributed by atoms with E-state index < -0.39 is 0 Å². The molecule has 1 saturated heterocycles. The van der Waals surface area contributed by atoms with E-state index in [4.69, 9.17) is 0 Å². The van der Waals surface area contributed by atoms with E-state index in [0.717, 1.165) is 43.7 Å². The number of amides is 1. The summed E-state index contributed by atoms with van der Waals surface area (Å²) < 4.78 is 0. The lowest BCUT2D eigenvalue weighted by Gasteiger charge is -2.34. The van der Waals surface area contributed by atoms with Crippen LogP contribution in [0.25, 0.3) is 6.08 Å². The predicted octanol–water partition coefficient (Wildman–Crippen LogP) is 3.95. The lowest BCUT2D eigenvalue weighted by atomic mass is 10.0. The van der Waals surface area contributed by atoms with Crippen LogP contribution in [0.5, 0.6) is 0 Å². The van der Waals surface area contributed by atoms with Crippen molar-refractivity contribution in [2.75, 3.05) is 32.7 Å². The Balaban J connectivity index is 1.61. The lowest BCUT2D eigenvalue weighted by Crippen LogP contribution is -2.48. The van der Waals surface area contributed by atoms with Crippen molar-refractivity contribution in [1.29, 1.82) is 0 Å². The average Bonchev–Trinajstić information content (AvgIpc) is 3.05. The summed E-state index contributed by atoms with van der Waals surface area (Å²) in [4.78, 5) is 32.7. The first-order valence-electron chi connectivity index (χ1n) is 10.5. The summed E-state index contributed by atoms with van der Waals surface area (Å²) in [6.45, 7) is 9.53. The molecule has 1 aromatic carbocycles. The molecular weight excluding hydrogens is 362 g/mol. The first-order valence-corrected chi connectivity index (χ1v) is 10.5. The van der Waals surface area contributed by atoms with Crippen molar-refractivity contribution in [3.63, 3.8) is 0 Å². The molecule has 29 heavy (non-hydrogen) atoms. The molecule has 0 aliphatic carbocycles. The number of aromatic amines is 1. The molecule has 3 rings (SSSR count). The fraction of sp³-hybridized carbons (Fsp3) is 0.417. The van der Waals surface area contributed by atoms with Crippen molar-refractivity contribution in [2.45, 2.75) is 33.6 Å². The molecule has 1 N–H and O–H groups in total. The van der Waals surface area contributed by atoms with Gasteiger partial charge in [0.25, 0.3) is 5.91 Å². The van der Waals surface area contributed by atoms with Crippen LogP contribution in [0, 0.1) is 6.92 Å². The Morgan fingerprint density at radius 2 is 1.79 bits per heavy atom. The number of carbonyl (C=O) groups excluding carboxylic acids is 2. The second-order valence-electron chi connectivity index (χ2n) is 7.69. The second-order valence-corrected chi connectivity index (χ2v) is 7.69. The van der Waals surface area contributed by atoms with Gasteiger partial charge in [0.15, 0.2) is 5.78 Å². The molecule has 0 saturated carbocycles. The number of benzene rings is 1. The number of H-pyrrole nitrogens is 1. The number of aryl methyl sites for hydroxylation is 1. The van der Waals surface area contributed by atoms with Gasteiger partial charge < -0.3 is 9.88 Å². The first kappa shape index (κ1) is 21.1. The van der Waals surface area contributed by atoms with Crippen molar-refractivity contribution in [2.24, 2.45) is 0 Å². The minimum Gasteiger partial charge on any atom is -0.354 e. The van der Waals surface area contributed by atoms with Gasteiger partial charge in [-0.15, -0.1) is 0 Å². The number of aromatic nitrogens is 1. The third-order valence-electron chi connectivity index (χ3n) is 5.49. The van der Waals surface area contributed by atoms with Gasteiger partial charge >= 0.3 is 0 Å². The highest BCUT2D eigenvalue weighted by molar-refractivity contribution is 6.02. The van der Waals surface area contributed by atoms with Crippen molar-refractivity contribution in [3.8, 4) is 0 Å². The summed E-state index contributed by atoms with van der Waals surface area (Å²) in [7, 11) is 0. The van der Waals surface area contributed by atoms with Gasteiger partial charge in [-0.05, 0) is 31.4 Å². The van der Waals surface area contributed by atoms with E-state index in [0.29, 0.717) is 24.3 Å². The molecule has 5 heteroatoms. The van der Waals surface area contributed by atoms with E-state index >= 15 is 0 Å². The van der Waals surface area contributed by atoms with Gasteiger partial charge in [-0.3, -0.25) is 14.5 Å². The fourth-order valence-corrected chi connectivity index (χ4v) is 4.03. The molecule has 154 valence electrons. The van der Waals surface area contributed by atoms with E-state index in [2.05, 4.69) is 41.1 Å². The summed E-state index contributed by atoms with van der Waals surface area (Å²) in [5.41, 5.74) is 4.18. The number of carbonyl (C=O) groups is 2. The quantitative estimate of drug-likeness (QED) is 0.725. The summed E-state index contributed by atoms with van der Waals surface area (Å²) in [5, 5.41) is 0. The van der Waals surface area contributed by atoms with Gasteiger partial charge in [0, 0.05) is 44.0 Å². The second kappa shape index (κ2) is 9.70. The average molecular weight is 394 g/mol. The highest BCUT2D eigenvalue weighted by atomic mass is 16.2. The Morgan fingerprint density at radius 1 is 1.10 bits per heavy atom. The number of ketones is 1. The zero-order valence-corrected chi connectivity index (χ0v) is 17.7. The van der Waals surface area contributed by atoms with Gasteiger partial charge in [-0.25, -0.2) is 0 Å². The van der Waals surface area contributed by atoms with E-state index in [1.54, 1.807) is 6.92 Å². The van der Waals surface area contributed by atoms with E-state index in [1.165, 1.54) is 5.56 Å². The molecule has 0 spiro atoms. The molecule has 2 aromatic rings. The number of piperazine rings is 1. The smallest absolute Gasteiger partial charge is 0.270 e. The summed E-state index contributed by atoms with van der Waals surface area (Å²) in [6.07, 6.45) is 5.96. The largest absolute Gasteiger partial charge is 0.354 e. The van der Waals surface area contributed by atoms with E-state index in [9.17, 15) is 9.59 Å². The highest BCUT2D eigenvalue weighted by Crippen LogP contribution is 2.23.